The predicted molar refractivity (Wildman–Crippen MR) is 88.7 cm³/mol. The molecule has 24 heavy (non-hydrogen) atoms. The molecule has 1 spiro atoms. The molecule has 1 aliphatic carbocycles. The number of ketones is 1. The Balaban J connectivity index is 1.80. The first kappa shape index (κ1) is 16.7. The van der Waals surface area contributed by atoms with Gasteiger partial charge in [-0.2, -0.15) is 0 Å². The van der Waals surface area contributed by atoms with Crippen molar-refractivity contribution in [2.45, 2.75) is 43.4 Å². The summed E-state index contributed by atoms with van der Waals surface area (Å²) in [7, 11) is 1.48. The molecule has 1 saturated carbocycles. The lowest BCUT2D eigenvalue weighted by Gasteiger charge is -2.45. The molecule has 128 valence electrons. The van der Waals surface area contributed by atoms with E-state index in [4.69, 9.17) is 10.3 Å². The minimum absolute atomic E-state index is 0.00579. The molecule has 7 heteroatoms. The van der Waals surface area contributed by atoms with Crippen LogP contribution < -0.4 is 4.90 Å². The number of nitrogens with zero attached hydrogens (tertiary/aromatic N) is 4. The lowest BCUT2D eigenvalue weighted by molar-refractivity contribution is -0.127. The van der Waals surface area contributed by atoms with Gasteiger partial charge in [-0.1, -0.05) is 17.2 Å². The fourth-order valence-corrected chi connectivity index (χ4v) is 3.99. The molecule has 2 fully saturated rings. The summed E-state index contributed by atoms with van der Waals surface area (Å²) in [4.78, 5) is 16.5. The number of carbonyl (C=O) groups is 1. The molecule has 1 aromatic rings. The second kappa shape index (κ2) is 6.79. The number of Topliss-reactive ketones (excluding diaryl/α,β-unsaturated/α-hetero) is 1. The minimum atomic E-state index is -0.881. The van der Waals surface area contributed by atoms with Crippen LogP contribution in [0, 0.1) is 0 Å². The Labute approximate surface area is 140 Å². The molecular weight excluding hydrogens is 311 g/mol. The summed E-state index contributed by atoms with van der Waals surface area (Å²) in [6.45, 7) is 0.174. The Kier molecular flexibility index (Phi) is 4.73. The van der Waals surface area contributed by atoms with E-state index >= 15 is 0 Å². The second-order valence-corrected chi connectivity index (χ2v) is 6.55. The Morgan fingerprint density at radius 3 is 2.67 bits per heavy atom. The number of halogens is 1. The average Bonchev–Trinajstić information content (AvgIpc) is 2.99. The summed E-state index contributed by atoms with van der Waals surface area (Å²) in [6.07, 6.45) is 2.81. The number of anilines is 1. The number of hydrogen-bond acceptors (Lipinski definition) is 4. The molecule has 0 unspecified atom stereocenters. The number of hydrogen-bond donors (Lipinski definition) is 0. The SMILES string of the molecule is CO[C@H](c1ccc(N2CCCC23CC(=O)C3)cc1)[C@@H](CF)N=[N+]=[N-]. The lowest BCUT2D eigenvalue weighted by atomic mass is 9.73. The highest BCUT2D eigenvalue weighted by atomic mass is 19.1. The van der Waals surface area contributed by atoms with Gasteiger partial charge in [0.1, 0.15) is 12.5 Å². The quantitative estimate of drug-likeness (QED) is 0.452. The fourth-order valence-electron chi connectivity index (χ4n) is 3.99. The van der Waals surface area contributed by atoms with Crippen LogP contribution in [0.25, 0.3) is 10.4 Å². The van der Waals surface area contributed by atoms with Gasteiger partial charge < -0.3 is 9.64 Å². The number of carbonyl (C=O) groups excluding carboxylic acids is 1. The molecule has 2 aliphatic rings. The van der Waals surface area contributed by atoms with Gasteiger partial charge in [0.25, 0.3) is 0 Å². The zero-order valence-corrected chi connectivity index (χ0v) is 13.7. The van der Waals surface area contributed by atoms with Crippen molar-refractivity contribution in [3.63, 3.8) is 0 Å². The molecule has 1 aromatic carbocycles. The van der Waals surface area contributed by atoms with Gasteiger partial charge in [-0.25, -0.2) is 0 Å². The normalized spacial score (nSPS) is 21.2. The van der Waals surface area contributed by atoms with Crippen LogP contribution in [0.3, 0.4) is 0 Å². The number of benzene rings is 1. The summed E-state index contributed by atoms with van der Waals surface area (Å²) in [5, 5.41) is 3.48. The largest absolute Gasteiger partial charge is 0.376 e. The minimum Gasteiger partial charge on any atom is -0.376 e. The second-order valence-electron chi connectivity index (χ2n) is 6.55. The predicted octanol–water partition coefficient (Wildman–Crippen LogP) is 3.72. The molecule has 1 aliphatic heterocycles. The van der Waals surface area contributed by atoms with Crippen LogP contribution in [0.5, 0.6) is 0 Å². The molecule has 0 amide bonds. The number of azide groups is 1. The monoisotopic (exact) mass is 332 g/mol. The van der Waals surface area contributed by atoms with E-state index in [1.807, 2.05) is 24.3 Å². The van der Waals surface area contributed by atoms with Gasteiger partial charge in [0.05, 0.1) is 17.7 Å². The third-order valence-corrected chi connectivity index (χ3v) is 5.14. The van der Waals surface area contributed by atoms with Gasteiger partial charge >= 0.3 is 0 Å². The number of ether oxygens (including phenoxy) is 1. The molecule has 0 N–H and O–H groups in total. The topological polar surface area (TPSA) is 78.3 Å². The number of methoxy groups -OCH3 is 1. The first-order valence-electron chi connectivity index (χ1n) is 8.16. The molecule has 0 radical (unpaired) electrons. The molecule has 0 aromatic heterocycles. The average molecular weight is 332 g/mol. The Hall–Kier alpha value is -2.11. The number of rotatable bonds is 6. The Morgan fingerprint density at radius 1 is 1.42 bits per heavy atom. The first-order chi connectivity index (χ1) is 11.6. The summed E-state index contributed by atoms with van der Waals surface area (Å²) >= 11 is 0. The molecule has 1 heterocycles. The highest BCUT2D eigenvalue weighted by Crippen LogP contribution is 2.45. The van der Waals surface area contributed by atoms with E-state index in [9.17, 15) is 9.18 Å². The van der Waals surface area contributed by atoms with Gasteiger partial charge in [-0.05, 0) is 36.1 Å². The van der Waals surface area contributed by atoms with Crippen LogP contribution in [-0.4, -0.2) is 37.7 Å². The van der Waals surface area contributed by atoms with Crippen molar-refractivity contribution >= 4 is 11.5 Å². The first-order valence-corrected chi connectivity index (χ1v) is 8.16. The van der Waals surface area contributed by atoms with Crippen molar-refractivity contribution in [1.29, 1.82) is 0 Å². The molecule has 0 bridgehead atoms. The molecule has 6 nitrogen and oxygen atoms in total. The van der Waals surface area contributed by atoms with E-state index in [1.165, 1.54) is 7.11 Å². The van der Waals surface area contributed by atoms with Crippen LogP contribution in [0.4, 0.5) is 10.1 Å². The van der Waals surface area contributed by atoms with Crippen LogP contribution in [0.1, 0.15) is 37.4 Å². The van der Waals surface area contributed by atoms with Crippen molar-refractivity contribution in [1.82, 2.24) is 0 Å². The van der Waals surface area contributed by atoms with Crippen LogP contribution >= 0.6 is 0 Å². The van der Waals surface area contributed by atoms with E-state index in [-0.39, 0.29) is 5.54 Å². The van der Waals surface area contributed by atoms with E-state index < -0.39 is 18.8 Å². The van der Waals surface area contributed by atoms with E-state index in [1.54, 1.807) is 0 Å². The smallest absolute Gasteiger partial charge is 0.137 e. The summed E-state index contributed by atoms with van der Waals surface area (Å²) < 4.78 is 18.4. The van der Waals surface area contributed by atoms with Crippen molar-refractivity contribution in [3.05, 3.63) is 40.3 Å². The van der Waals surface area contributed by atoms with Crippen LogP contribution in [-0.2, 0) is 9.53 Å². The maximum absolute atomic E-state index is 13.1. The van der Waals surface area contributed by atoms with Gasteiger partial charge in [-0.15, -0.1) is 0 Å². The third kappa shape index (κ3) is 2.85. The van der Waals surface area contributed by atoms with E-state index in [0.717, 1.165) is 30.6 Å². The fraction of sp³-hybridized carbons (Fsp3) is 0.588. The van der Waals surface area contributed by atoms with Crippen molar-refractivity contribution in [3.8, 4) is 0 Å². The highest BCUT2D eigenvalue weighted by molar-refractivity contribution is 5.89. The van der Waals surface area contributed by atoms with E-state index in [2.05, 4.69) is 14.9 Å². The third-order valence-electron chi connectivity index (χ3n) is 5.14. The van der Waals surface area contributed by atoms with Gasteiger partial charge in [-0.3, -0.25) is 9.18 Å². The van der Waals surface area contributed by atoms with Gasteiger partial charge in [0.2, 0.25) is 0 Å². The van der Waals surface area contributed by atoms with E-state index in [0.29, 0.717) is 18.6 Å². The Morgan fingerprint density at radius 2 is 2.12 bits per heavy atom. The molecule has 3 rings (SSSR count). The standard InChI is InChI=1S/C17H21FN4O2/c1-24-16(15(11-18)20-21-19)12-3-5-13(6-4-12)22-8-2-7-17(22)9-14(23)10-17/h3-6,15-16H,2,7-11H2,1H3/t15-,16-/m1/s1. The van der Waals surface area contributed by atoms with Crippen molar-refractivity contribution in [2.24, 2.45) is 5.11 Å². The van der Waals surface area contributed by atoms with Crippen LogP contribution in [0.2, 0.25) is 0 Å². The maximum atomic E-state index is 13.1. The van der Waals surface area contributed by atoms with Crippen molar-refractivity contribution in [2.75, 3.05) is 25.2 Å². The summed E-state index contributed by atoms with van der Waals surface area (Å²) in [6, 6.07) is 6.83. The van der Waals surface area contributed by atoms with Gasteiger partial charge in [0, 0.05) is 37.1 Å². The Bertz CT molecular complexity index is 649. The molecule has 1 saturated heterocycles. The van der Waals surface area contributed by atoms with Gasteiger partial charge in [0.15, 0.2) is 0 Å². The summed E-state index contributed by atoms with van der Waals surface area (Å²) in [5.74, 6) is 0.332. The lowest BCUT2D eigenvalue weighted by Crippen LogP contribution is -2.54. The molecular formula is C17H21FN4O2. The maximum Gasteiger partial charge on any atom is 0.137 e. The zero-order chi connectivity index (χ0) is 17.2. The summed E-state index contributed by atoms with van der Waals surface area (Å²) in [5.41, 5.74) is 10.4. The molecule has 2 atom stereocenters. The van der Waals surface area contributed by atoms with Crippen molar-refractivity contribution < 1.29 is 13.9 Å². The zero-order valence-electron chi connectivity index (χ0n) is 13.7. The number of alkyl halides is 1. The highest BCUT2D eigenvalue weighted by Gasteiger charge is 2.50. The van der Waals surface area contributed by atoms with Crippen LogP contribution in [0.15, 0.2) is 29.4 Å².